The molecule has 0 aliphatic carbocycles. The summed E-state index contributed by atoms with van der Waals surface area (Å²) >= 11 is 6.10. The second-order valence-corrected chi connectivity index (χ2v) is 7.14. The van der Waals surface area contributed by atoms with Gasteiger partial charge in [0.15, 0.2) is 0 Å². The van der Waals surface area contributed by atoms with E-state index in [0.29, 0.717) is 33.8 Å². The first-order valence-electron chi connectivity index (χ1n) is 8.95. The lowest BCUT2D eigenvalue weighted by Crippen LogP contribution is -2.34. The lowest BCUT2D eigenvalue weighted by molar-refractivity contribution is 0.102. The molecule has 0 spiro atoms. The third-order valence-corrected chi connectivity index (χ3v) is 5.02. The Hall–Kier alpha value is -2.47. The Morgan fingerprint density at radius 2 is 2.04 bits per heavy atom. The van der Waals surface area contributed by atoms with Crippen molar-refractivity contribution in [3.63, 3.8) is 0 Å². The second kappa shape index (κ2) is 8.48. The Morgan fingerprint density at radius 1 is 1.26 bits per heavy atom. The maximum absolute atomic E-state index is 12.6. The maximum atomic E-state index is 12.6. The normalized spacial score (nSPS) is 16.7. The number of aromatic nitrogens is 1. The minimum atomic E-state index is -0.323. The van der Waals surface area contributed by atoms with E-state index in [1.807, 2.05) is 6.07 Å². The van der Waals surface area contributed by atoms with E-state index in [2.05, 4.69) is 22.1 Å². The van der Waals surface area contributed by atoms with Crippen molar-refractivity contribution >= 4 is 28.9 Å². The van der Waals surface area contributed by atoms with Crippen LogP contribution in [0.3, 0.4) is 0 Å². The van der Waals surface area contributed by atoms with Gasteiger partial charge in [0.25, 0.3) is 5.91 Å². The van der Waals surface area contributed by atoms with Gasteiger partial charge >= 0.3 is 0 Å². The summed E-state index contributed by atoms with van der Waals surface area (Å²) in [5, 5.41) is 3.22. The van der Waals surface area contributed by atoms with Crippen molar-refractivity contribution in [3.05, 3.63) is 41.2 Å². The number of ether oxygens (including phenoxy) is 2. The Kier molecular flexibility index (Phi) is 6.06. The van der Waals surface area contributed by atoms with E-state index in [1.165, 1.54) is 27.1 Å². The molecule has 1 amide bonds. The Balaban J connectivity index is 1.75. The van der Waals surface area contributed by atoms with Gasteiger partial charge in [-0.05, 0) is 30.9 Å². The van der Waals surface area contributed by atoms with Gasteiger partial charge in [0, 0.05) is 25.2 Å². The molecule has 2 heterocycles. The predicted octanol–water partition coefficient (Wildman–Crippen LogP) is 4.24. The first-order chi connectivity index (χ1) is 13.0. The number of hydrogen-bond donors (Lipinski definition) is 1. The third kappa shape index (κ3) is 4.45. The number of rotatable bonds is 5. The average molecular weight is 390 g/mol. The van der Waals surface area contributed by atoms with Crippen LogP contribution in [0.2, 0.25) is 5.02 Å². The molecule has 1 N–H and O–H groups in total. The van der Waals surface area contributed by atoms with Crippen molar-refractivity contribution in [1.29, 1.82) is 0 Å². The summed E-state index contributed by atoms with van der Waals surface area (Å²) in [5.74, 6) is 1.26. The number of hydrogen-bond acceptors (Lipinski definition) is 5. The fourth-order valence-electron chi connectivity index (χ4n) is 3.28. The Morgan fingerprint density at radius 3 is 2.67 bits per heavy atom. The standard InChI is InChI=1S/C20H24ClN3O3/c1-13-5-4-8-24(12-13)14-6-7-16(22-11-14)20(25)23-17-10-18(26-2)15(21)9-19(17)27-3/h6-7,9-11,13H,4-5,8,12H2,1-3H3,(H,23,25). The quantitative estimate of drug-likeness (QED) is 0.828. The first-order valence-corrected chi connectivity index (χ1v) is 9.33. The number of piperidine rings is 1. The number of nitrogens with one attached hydrogen (secondary N) is 1. The van der Waals surface area contributed by atoms with Crippen LogP contribution in [0.5, 0.6) is 11.5 Å². The minimum Gasteiger partial charge on any atom is -0.495 e. The molecule has 1 aliphatic rings. The topological polar surface area (TPSA) is 63.7 Å². The van der Waals surface area contributed by atoms with Crippen molar-refractivity contribution in [1.82, 2.24) is 4.98 Å². The first kappa shape index (κ1) is 19.3. The van der Waals surface area contributed by atoms with Gasteiger partial charge in [-0.25, -0.2) is 4.98 Å². The molecular weight excluding hydrogens is 366 g/mol. The molecule has 1 fully saturated rings. The monoisotopic (exact) mass is 389 g/mol. The van der Waals surface area contributed by atoms with Crippen LogP contribution < -0.4 is 19.7 Å². The van der Waals surface area contributed by atoms with Crippen LogP contribution >= 0.6 is 11.6 Å². The lowest BCUT2D eigenvalue weighted by atomic mass is 10.00. The number of pyridine rings is 1. The van der Waals surface area contributed by atoms with Crippen LogP contribution in [0.1, 0.15) is 30.3 Å². The van der Waals surface area contributed by atoms with E-state index in [1.54, 1.807) is 24.4 Å². The van der Waals surface area contributed by atoms with Crippen molar-refractivity contribution in [2.75, 3.05) is 37.5 Å². The van der Waals surface area contributed by atoms with Crippen molar-refractivity contribution < 1.29 is 14.3 Å². The van der Waals surface area contributed by atoms with E-state index in [0.717, 1.165) is 18.8 Å². The number of nitrogens with zero attached hydrogens (tertiary/aromatic N) is 2. The molecule has 1 saturated heterocycles. The highest BCUT2D eigenvalue weighted by atomic mass is 35.5. The molecule has 3 rings (SSSR count). The molecule has 144 valence electrons. The SMILES string of the molecule is COc1cc(NC(=O)c2ccc(N3CCCC(C)C3)cn2)c(OC)cc1Cl. The van der Waals surface area contributed by atoms with Gasteiger partial charge in [-0.3, -0.25) is 4.79 Å². The summed E-state index contributed by atoms with van der Waals surface area (Å²) < 4.78 is 10.5. The molecule has 27 heavy (non-hydrogen) atoms. The predicted molar refractivity (Wildman–Crippen MR) is 107 cm³/mol. The third-order valence-electron chi connectivity index (χ3n) is 4.72. The van der Waals surface area contributed by atoms with Gasteiger partial charge in [0.05, 0.1) is 36.8 Å². The van der Waals surface area contributed by atoms with Crippen LogP contribution in [0.4, 0.5) is 11.4 Å². The summed E-state index contributed by atoms with van der Waals surface area (Å²) in [6, 6.07) is 6.91. The van der Waals surface area contributed by atoms with E-state index in [4.69, 9.17) is 21.1 Å². The smallest absolute Gasteiger partial charge is 0.274 e. The fraction of sp³-hybridized carbons (Fsp3) is 0.400. The highest BCUT2D eigenvalue weighted by Crippen LogP contribution is 2.36. The zero-order chi connectivity index (χ0) is 19.4. The number of anilines is 2. The molecular formula is C20H24ClN3O3. The van der Waals surface area contributed by atoms with Crippen LogP contribution in [-0.4, -0.2) is 38.2 Å². The van der Waals surface area contributed by atoms with Crippen LogP contribution in [0, 0.1) is 5.92 Å². The summed E-state index contributed by atoms with van der Waals surface area (Å²) in [5.41, 5.74) is 1.85. The molecule has 1 aromatic carbocycles. The van der Waals surface area contributed by atoms with Gasteiger partial charge in [-0.1, -0.05) is 18.5 Å². The van der Waals surface area contributed by atoms with Crippen molar-refractivity contribution in [2.24, 2.45) is 5.92 Å². The van der Waals surface area contributed by atoms with Gasteiger partial charge < -0.3 is 19.7 Å². The number of amides is 1. The highest BCUT2D eigenvalue weighted by molar-refractivity contribution is 6.32. The molecule has 0 radical (unpaired) electrons. The molecule has 1 aliphatic heterocycles. The minimum absolute atomic E-state index is 0.323. The summed E-state index contributed by atoms with van der Waals surface area (Å²) in [6.07, 6.45) is 4.20. The van der Waals surface area contributed by atoms with E-state index in [-0.39, 0.29) is 5.91 Å². The molecule has 0 bridgehead atoms. The Labute approximate surface area is 164 Å². The van der Waals surface area contributed by atoms with E-state index >= 15 is 0 Å². The van der Waals surface area contributed by atoms with Gasteiger partial charge in [-0.15, -0.1) is 0 Å². The molecule has 2 aromatic rings. The van der Waals surface area contributed by atoms with Gasteiger partial charge in [0.2, 0.25) is 0 Å². The molecule has 1 aromatic heterocycles. The van der Waals surface area contributed by atoms with E-state index < -0.39 is 0 Å². The average Bonchev–Trinajstić information content (AvgIpc) is 2.69. The van der Waals surface area contributed by atoms with Gasteiger partial charge in [-0.2, -0.15) is 0 Å². The van der Waals surface area contributed by atoms with Crippen LogP contribution in [0.15, 0.2) is 30.5 Å². The number of carbonyl (C=O) groups is 1. The van der Waals surface area contributed by atoms with Crippen LogP contribution in [0.25, 0.3) is 0 Å². The lowest BCUT2D eigenvalue weighted by Gasteiger charge is -2.32. The fourth-order valence-corrected chi connectivity index (χ4v) is 3.51. The molecule has 1 unspecified atom stereocenters. The molecule has 0 saturated carbocycles. The molecule has 1 atom stereocenters. The van der Waals surface area contributed by atoms with E-state index in [9.17, 15) is 4.79 Å². The number of carbonyl (C=O) groups excluding carboxylic acids is 1. The number of halogens is 1. The zero-order valence-corrected chi connectivity index (χ0v) is 16.5. The van der Waals surface area contributed by atoms with Crippen molar-refractivity contribution in [2.45, 2.75) is 19.8 Å². The van der Waals surface area contributed by atoms with Gasteiger partial charge in [0.1, 0.15) is 17.2 Å². The molecule has 7 heteroatoms. The number of benzene rings is 1. The largest absolute Gasteiger partial charge is 0.495 e. The summed E-state index contributed by atoms with van der Waals surface area (Å²) in [4.78, 5) is 19.2. The number of methoxy groups -OCH3 is 2. The molecule has 6 nitrogen and oxygen atoms in total. The van der Waals surface area contributed by atoms with Crippen LogP contribution in [-0.2, 0) is 0 Å². The second-order valence-electron chi connectivity index (χ2n) is 6.74. The zero-order valence-electron chi connectivity index (χ0n) is 15.8. The Bertz CT molecular complexity index is 811. The van der Waals surface area contributed by atoms with Crippen molar-refractivity contribution in [3.8, 4) is 11.5 Å². The maximum Gasteiger partial charge on any atom is 0.274 e. The summed E-state index contributed by atoms with van der Waals surface area (Å²) in [6.45, 7) is 4.31. The highest BCUT2D eigenvalue weighted by Gasteiger charge is 2.18. The summed E-state index contributed by atoms with van der Waals surface area (Å²) in [7, 11) is 3.03.